The molecule has 0 radical (unpaired) electrons. The van der Waals surface area contributed by atoms with Crippen molar-refractivity contribution < 1.29 is 22.7 Å². The SMILES string of the molecule is CCc1cc2n(c1)S(=O)(=O)c1ccc(C(=O)NCCC3CCCO3)cc1NC2=O. The van der Waals surface area contributed by atoms with Crippen molar-refractivity contribution in [1.82, 2.24) is 9.29 Å². The van der Waals surface area contributed by atoms with Gasteiger partial charge in [0.15, 0.2) is 0 Å². The number of benzene rings is 1. The Morgan fingerprint density at radius 3 is 2.90 bits per heavy atom. The molecule has 0 bridgehead atoms. The maximum absolute atomic E-state index is 13.0. The zero-order chi connectivity index (χ0) is 20.6. The van der Waals surface area contributed by atoms with Crippen LogP contribution in [-0.4, -0.2) is 43.5 Å². The maximum atomic E-state index is 13.0. The van der Waals surface area contributed by atoms with Crippen LogP contribution in [0.25, 0.3) is 0 Å². The molecule has 1 fully saturated rings. The molecule has 1 saturated heterocycles. The lowest BCUT2D eigenvalue weighted by Gasteiger charge is -2.12. The molecular weight excluding hydrogens is 394 g/mol. The second kappa shape index (κ2) is 7.64. The Bertz CT molecular complexity index is 1070. The van der Waals surface area contributed by atoms with E-state index in [0.29, 0.717) is 13.0 Å². The number of carbonyl (C=O) groups excluding carboxylic acids is 2. The number of carbonyl (C=O) groups is 2. The zero-order valence-corrected chi connectivity index (χ0v) is 16.9. The van der Waals surface area contributed by atoms with Crippen molar-refractivity contribution in [2.75, 3.05) is 18.5 Å². The normalized spacial score (nSPS) is 19.8. The molecule has 1 aromatic carbocycles. The number of hydrogen-bond acceptors (Lipinski definition) is 5. The van der Waals surface area contributed by atoms with E-state index >= 15 is 0 Å². The van der Waals surface area contributed by atoms with Crippen LogP contribution in [0, 0.1) is 0 Å². The van der Waals surface area contributed by atoms with Crippen LogP contribution in [0.15, 0.2) is 35.4 Å². The van der Waals surface area contributed by atoms with Crippen molar-refractivity contribution in [2.45, 2.75) is 43.6 Å². The summed E-state index contributed by atoms with van der Waals surface area (Å²) in [5.41, 5.74) is 1.20. The van der Waals surface area contributed by atoms with Crippen LogP contribution >= 0.6 is 0 Å². The van der Waals surface area contributed by atoms with Crippen LogP contribution in [0.2, 0.25) is 0 Å². The van der Waals surface area contributed by atoms with E-state index < -0.39 is 15.9 Å². The minimum Gasteiger partial charge on any atom is -0.378 e. The van der Waals surface area contributed by atoms with Gasteiger partial charge in [-0.2, -0.15) is 0 Å². The van der Waals surface area contributed by atoms with Gasteiger partial charge >= 0.3 is 0 Å². The first-order valence-corrected chi connectivity index (χ1v) is 11.2. The van der Waals surface area contributed by atoms with Crippen molar-refractivity contribution in [3.05, 3.63) is 47.3 Å². The molecule has 1 aromatic heterocycles. The Labute approximate surface area is 169 Å². The molecule has 9 heteroatoms. The third-order valence-corrected chi connectivity index (χ3v) is 7.02. The lowest BCUT2D eigenvalue weighted by atomic mass is 10.1. The Hall–Kier alpha value is -2.65. The van der Waals surface area contributed by atoms with Gasteiger partial charge in [0, 0.05) is 24.9 Å². The summed E-state index contributed by atoms with van der Waals surface area (Å²) in [7, 11) is -3.95. The first-order chi connectivity index (χ1) is 13.9. The highest BCUT2D eigenvalue weighted by atomic mass is 32.2. The minimum atomic E-state index is -3.95. The number of ether oxygens (including phenoxy) is 1. The summed E-state index contributed by atoms with van der Waals surface area (Å²) in [6.45, 7) is 3.12. The van der Waals surface area contributed by atoms with Crippen LogP contribution in [-0.2, 0) is 21.2 Å². The van der Waals surface area contributed by atoms with Crippen LogP contribution in [0.1, 0.15) is 52.6 Å². The Morgan fingerprint density at radius 1 is 1.34 bits per heavy atom. The molecule has 1 atom stereocenters. The Balaban J connectivity index is 1.57. The highest BCUT2D eigenvalue weighted by Gasteiger charge is 2.31. The highest BCUT2D eigenvalue weighted by molar-refractivity contribution is 7.90. The molecule has 0 aliphatic carbocycles. The summed E-state index contributed by atoms with van der Waals surface area (Å²) in [6.07, 6.45) is 5.02. The quantitative estimate of drug-likeness (QED) is 0.775. The molecule has 0 saturated carbocycles. The molecule has 2 aliphatic heterocycles. The first kappa shape index (κ1) is 19.7. The first-order valence-electron chi connectivity index (χ1n) is 9.72. The largest absolute Gasteiger partial charge is 0.378 e. The molecule has 154 valence electrons. The maximum Gasteiger partial charge on any atom is 0.273 e. The molecule has 2 N–H and O–H groups in total. The van der Waals surface area contributed by atoms with E-state index in [4.69, 9.17) is 4.74 Å². The van der Waals surface area contributed by atoms with E-state index in [-0.39, 0.29) is 33.9 Å². The third kappa shape index (κ3) is 3.67. The molecule has 2 aromatic rings. The van der Waals surface area contributed by atoms with Gasteiger partial charge in [-0.25, -0.2) is 12.4 Å². The van der Waals surface area contributed by atoms with Crippen molar-refractivity contribution in [3.8, 4) is 0 Å². The van der Waals surface area contributed by atoms with E-state index in [9.17, 15) is 18.0 Å². The molecule has 8 nitrogen and oxygen atoms in total. The van der Waals surface area contributed by atoms with Crippen molar-refractivity contribution >= 4 is 27.5 Å². The number of rotatable bonds is 5. The zero-order valence-electron chi connectivity index (χ0n) is 16.1. The van der Waals surface area contributed by atoms with Crippen molar-refractivity contribution in [1.29, 1.82) is 0 Å². The van der Waals surface area contributed by atoms with Crippen LogP contribution in [0.3, 0.4) is 0 Å². The molecule has 0 spiro atoms. The summed E-state index contributed by atoms with van der Waals surface area (Å²) in [4.78, 5) is 25.0. The van der Waals surface area contributed by atoms with Crippen molar-refractivity contribution in [3.63, 3.8) is 0 Å². The van der Waals surface area contributed by atoms with Gasteiger partial charge in [0.25, 0.3) is 21.8 Å². The van der Waals surface area contributed by atoms with Gasteiger partial charge in [-0.15, -0.1) is 0 Å². The topological polar surface area (TPSA) is 106 Å². The summed E-state index contributed by atoms with van der Waals surface area (Å²) in [5, 5.41) is 5.45. The molecule has 3 heterocycles. The van der Waals surface area contributed by atoms with Gasteiger partial charge in [0.2, 0.25) is 0 Å². The van der Waals surface area contributed by atoms with Crippen LogP contribution < -0.4 is 10.6 Å². The number of fused-ring (bicyclic) bond motifs is 2. The summed E-state index contributed by atoms with van der Waals surface area (Å²) in [6, 6.07) is 5.79. The van der Waals surface area contributed by atoms with E-state index in [0.717, 1.165) is 35.4 Å². The van der Waals surface area contributed by atoms with E-state index in [1.807, 2.05) is 6.92 Å². The number of nitrogens with zero attached hydrogens (tertiary/aromatic N) is 1. The number of hydrogen-bond donors (Lipinski definition) is 2. The summed E-state index contributed by atoms with van der Waals surface area (Å²) < 4.78 is 32.6. The fourth-order valence-corrected chi connectivity index (χ4v) is 5.17. The number of anilines is 1. The highest BCUT2D eigenvalue weighted by Crippen LogP contribution is 2.30. The Morgan fingerprint density at radius 2 is 2.17 bits per heavy atom. The van der Waals surface area contributed by atoms with Gasteiger partial charge in [0.1, 0.15) is 10.6 Å². The third-order valence-electron chi connectivity index (χ3n) is 5.29. The molecule has 2 amide bonds. The Kier molecular flexibility index (Phi) is 5.18. The molecule has 2 aliphatic rings. The second-order valence-corrected chi connectivity index (χ2v) is 9.02. The molecular formula is C20H23N3O5S. The number of nitrogens with one attached hydrogen (secondary N) is 2. The monoisotopic (exact) mass is 417 g/mol. The van der Waals surface area contributed by atoms with Crippen LogP contribution in [0.5, 0.6) is 0 Å². The van der Waals surface area contributed by atoms with Gasteiger partial charge in [-0.3, -0.25) is 9.59 Å². The number of aromatic nitrogens is 1. The van der Waals surface area contributed by atoms with Gasteiger partial charge in [0.05, 0.1) is 11.8 Å². The lowest BCUT2D eigenvalue weighted by Crippen LogP contribution is -2.27. The van der Waals surface area contributed by atoms with E-state index in [1.165, 1.54) is 24.4 Å². The predicted octanol–water partition coefficient (Wildman–Crippen LogP) is 2.15. The smallest absolute Gasteiger partial charge is 0.273 e. The molecule has 29 heavy (non-hydrogen) atoms. The lowest BCUT2D eigenvalue weighted by molar-refractivity contribution is 0.0906. The van der Waals surface area contributed by atoms with E-state index in [1.54, 1.807) is 6.07 Å². The number of aryl methyl sites for hydroxylation is 1. The average Bonchev–Trinajstić information content (AvgIpc) is 3.36. The summed E-state index contributed by atoms with van der Waals surface area (Å²) in [5.74, 6) is -0.850. The molecule has 1 unspecified atom stereocenters. The standard InChI is InChI=1S/C20H23N3O5S/c1-2-13-10-17-20(25)22-16-11-14(5-6-18(16)29(26,27)23(17)12-13)19(24)21-8-7-15-4-3-9-28-15/h5-6,10-12,15H,2-4,7-9H2,1H3,(H,21,24)(H,22,25). The van der Waals surface area contributed by atoms with E-state index in [2.05, 4.69) is 10.6 Å². The minimum absolute atomic E-state index is 0.0428. The van der Waals surface area contributed by atoms with Crippen molar-refractivity contribution in [2.24, 2.45) is 0 Å². The number of amides is 2. The van der Waals surface area contributed by atoms with Crippen LogP contribution in [0.4, 0.5) is 5.69 Å². The van der Waals surface area contributed by atoms with Gasteiger partial charge < -0.3 is 15.4 Å². The molecule has 4 rings (SSSR count). The summed E-state index contributed by atoms with van der Waals surface area (Å²) >= 11 is 0. The predicted molar refractivity (Wildman–Crippen MR) is 107 cm³/mol. The fraction of sp³-hybridized carbons (Fsp3) is 0.400. The second-order valence-electron chi connectivity index (χ2n) is 7.23. The average molecular weight is 417 g/mol. The van der Waals surface area contributed by atoms with Gasteiger partial charge in [-0.05, 0) is 55.5 Å². The fourth-order valence-electron chi connectivity index (χ4n) is 3.66. The van der Waals surface area contributed by atoms with Gasteiger partial charge in [-0.1, -0.05) is 6.92 Å².